The summed E-state index contributed by atoms with van der Waals surface area (Å²) in [7, 11) is -3.68. The van der Waals surface area contributed by atoms with Crippen LogP contribution in [0.15, 0.2) is 29.2 Å². The molecule has 0 saturated carbocycles. The minimum atomic E-state index is -3.68. The van der Waals surface area contributed by atoms with E-state index in [0.29, 0.717) is 5.56 Å². The third-order valence-electron chi connectivity index (χ3n) is 3.45. The summed E-state index contributed by atoms with van der Waals surface area (Å²) in [5.41, 5.74) is 0.304. The maximum absolute atomic E-state index is 12.0. The number of carbonyl (C=O) groups is 2. The Labute approximate surface area is 148 Å². The van der Waals surface area contributed by atoms with Crippen molar-refractivity contribution in [1.29, 1.82) is 0 Å². The molecule has 136 valence electrons. The summed E-state index contributed by atoms with van der Waals surface area (Å²) in [6, 6.07) is 5.55. The number of hydrogen-bond donors (Lipinski definition) is 3. The lowest BCUT2D eigenvalue weighted by Crippen LogP contribution is -2.35. The molecule has 0 aromatic heterocycles. The molecule has 1 rings (SSSR count). The number of rotatable bonds is 9. The summed E-state index contributed by atoms with van der Waals surface area (Å²) in [4.78, 5) is 23.6. The zero-order valence-corrected chi connectivity index (χ0v) is 15.2. The van der Waals surface area contributed by atoms with Crippen molar-refractivity contribution in [1.82, 2.24) is 15.4 Å². The van der Waals surface area contributed by atoms with Gasteiger partial charge in [0.2, 0.25) is 15.9 Å². The summed E-state index contributed by atoms with van der Waals surface area (Å²) in [6.07, 6.45) is 6.04. The zero-order chi connectivity index (χ0) is 18.9. The molecule has 7 nitrogen and oxygen atoms in total. The van der Waals surface area contributed by atoms with Crippen LogP contribution >= 0.6 is 0 Å². The molecule has 1 atom stereocenters. The van der Waals surface area contributed by atoms with Gasteiger partial charge in [-0.2, -0.15) is 4.72 Å². The monoisotopic (exact) mass is 365 g/mol. The lowest BCUT2D eigenvalue weighted by molar-refractivity contribution is -0.121. The summed E-state index contributed by atoms with van der Waals surface area (Å²) in [5, 5.41) is 5.43. The first kappa shape index (κ1) is 20.7. The fraction of sp³-hybridized carbons (Fsp3) is 0.412. The van der Waals surface area contributed by atoms with Crippen molar-refractivity contribution in [3.8, 4) is 12.3 Å². The highest BCUT2D eigenvalue weighted by Crippen LogP contribution is 2.10. The van der Waals surface area contributed by atoms with Gasteiger partial charge < -0.3 is 10.6 Å². The van der Waals surface area contributed by atoms with E-state index in [1.807, 2.05) is 13.8 Å². The van der Waals surface area contributed by atoms with Gasteiger partial charge in [-0.05, 0) is 37.6 Å². The molecule has 0 aliphatic heterocycles. The summed E-state index contributed by atoms with van der Waals surface area (Å²) in [6.45, 7) is 3.97. The fourth-order valence-electron chi connectivity index (χ4n) is 1.85. The van der Waals surface area contributed by atoms with E-state index in [1.165, 1.54) is 24.3 Å². The van der Waals surface area contributed by atoms with Crippen LogP contribution in [-0.4, -0.2) is 39.4 Å². The highest BCUT2D eigenvalue weighted by atomic mass is 32.2. The molecule has 1 aromatic carbocycles. The molecule has 0 spiro atoms. The molecule has 0 aliphatic rings. The molecular formula is C17H23N3O4S. The number of sulfonamides is 1. The summed E-state index contributed by atoms with van der Waals surface area (Å²) in [5.74, 6) is 1.68. The minimum absolute atomic E-state index is 0.0206. The van der Waals surface area contributed by atoms with Gasteiger partial charge in [0.15, 0.2) is 0 Å². The maximum Gasteiger partial charge on any atom is 0.251 e. The van der Waals surface area contributed by atoms with Gasteiger partial charge in [-0.15, -0.1) is 6.42 Å². The van der Waals surface area contributed by atoms with Crippen molar-refractivity contribution < 1.29 is 18.0 Å². The topological polar surface area (TPSA) is 104 Å². The molecule has 8 heteroatoms. The van der Waals surface area contributed by atoms with Gasteiger partial charge in [0.25, 0.3) is 5.91 Å². The van der Waals surface area contributed by atoms with Crippen LogP contribution in [0.5, 0.6) is 0 Å². The van der Waals surface area contributed by atoms with Crippen LogP contribution in [0, 0.1) is 12.3 Å². The minimum Gasteiger partial charge on any atom is -0.354 e. The third kappa shape index (κ3) is 6.95. The average Bonchev–Trinajstić information content (AvgIpc) is 2.59. The molecule has 0 fully saturated rings. The first-order chi connectivity index (χ1) is 11.8. The average molecular weight is 365 g/mol. The lowest BCUT2D eigenvalue weighted by Gasteiger charge is -2.11. The normalized spacial score (nSPS) is 12.0. The van der Waals surface area contributed by atoms with Gasteiger partial charge in [0.1, 0.15) is 0 Å². The Kier molecular flexibility index (Phi) is 8.11. The zero-order valence-electron chi connectivity index (χ0n) is 14.3. The Hall–Kier alpha value is -2.37. The predicted octanol–water partition coefficient (Wildman–Crippen LogP) is 0.633. The molecule has 2 amide bonds. The Morgan fingerprint density at radius 1 is 1.24 bits per heavy atom. The van der Waals surface area contributed by atoms with E-state index >= 15 is 0 Å². The van der Waals surface area contributed by atoms with E-state index in [2.05, 4.69) is 21.3 Å². The molecule has 0 unspecified atom stereocenters. The Morgan fingerprint density at radius 2 is 1.88 bits per heavy atom. The van der Waals surface area contributed by atoms with Crippen LogP contribution in [0.3, 0.4) is 0 Å². The second-order valence-electron chi connectivity index (χ2n) is 5.44. The molecule has 1 aromatic rings. The van der Waals surface area contributed by atoms with E-state index in [9.17, 15) is 18.0 Å². The standard InChI is InChI=1S/C17H23N3O4S/c1-4-11-19-25(23,24)15-8-6-14(7-9-15)17(22)18-12-10-16(21)20-13(3)5-2/h1,6-9,13,19H,5,10-12H2,2-3H3,(H,18,22)(H,20,21)/t13-/m0/s1. The Morgan fingerprint density at radius 3 is 2.44 bits per heavy atom. The van der Waals surface area contributed by atoms with Gasteiger partial charge >= 0.3 is 0 Å². The van der Waals surface area contributed by atoms with E-state index in [1.54, 1.807) is 0 Å². The number of benzene rings is 1. The Bertz CT molecular complexity index is 736. The number of nitrogens with one attached hydrogen (secondary N) is 3. The molecule has 25 heavy (non-hydrogen) atoms. The quantitative estimate of drug-likeness (QED) is 0.558. The summed E-state index contributed by atoms with van der Waals surface area (Å²) >= 11 is 0. The van der Waals surface area contributed by atoms with Crippen molar-refractivity contribution in [3.05, 3.63) is 29.8 Å². The van der Waals surface area contributed by atoms with Crippen LogP contribution in [0.4, 0.5) is 0 Å². The van der Waals surface area contributed by atoms with Crippen molar-refractivity contribution in [3.63, 3.8) is 0 Å². The largest absolute Gasteiger partial charge is 0.354 e. The van der Waals surface area contributed by atoms with E-state index in [-0.39, 0.29) is 42.3 Å². The van der Waals surface area contributed by atoms with Crippen LogP contribution in [0.1, 0.15) is 37.0 Å². The second-order valence-corrected chi connectivity index (χ2v) is 7.20. The molecule has 0 heterocycles. The number of carbonyl (C=O) groups excluding carboxylic acids is 2. The van der Waals surface area contributed by atoms with Crippen molar-refractivity contribution in [2.45, 2.75) is 37.6 Å². The number of hydrogen-bond acceptors (Lipinski definition) is 4. The van der Waals surface area contributed by atoms with Gasteiger partial charge in [-0.3, -0.25) is 9.59 Å². The lowest BCUT2D eigenvalue weighted by atomic mass is 10.2. The van der Waals surface area contributed by atoms with Crippen LogP contribution in [0.25, 0.3) is 0 Å². The first-order valence-corrected chi connectivity index (χ1v) is 9.39. The second kappa shape index (κ2) is 9.81. The van der Waals surface area contributed by atoms with Crippen LogP contribution in [-0.2, 0) is 14.8 Å². The smallest absolute Gasteiger partial charge is 0.251 e. The maximum atomic E-state index is 12.0. The third-order valence-corrected chi connectivity index (χ3v) is 4.87. The van der Waals surface area contributed by atoms with Gasteiger partial charge in [0, 0.05) is 24.6 Å². The van der Waals surface area contributed by atoms with E-state index in [4.69, 9.17) is 6.42 Å². The highest BCUT2D eigenvalue weighted by molar-refractivity contribution is 7.89. The van der Waals surface area contributed by atoms with Crippen molar-refractivity contribution in [2.24, 2.45) is 0 Å². The number of terminal acetylenes is 1. The SMILES string of the molecule is C#CCNS(=O)(=O)c1ccc(C(=O)NCCC(=O)N[C@@H](C)CC)cc1. The molecule has 3 N–H and O–H groups in total. The number of amides is 2. The highest BCUT2D eigenvalue weighted by Gasteiger charge is 2.14. The van der Waals surface area contributed by atoms with Crippen LogP contribution < -0.4 is 15.4 Å². The molecule has 0 aliphatic carbocycles. The van der Waals surface area contributed by atoms with Crippen molar-refractivity contribution in [2.75, 3.05) is 13.1 Å². The van der Waals surface area contributed by atoms with Gasteiger partial charge in [-0.25, -0.2) is 8.42 Å². The fourth-order valence-corrected chi connectivity index (χ4v) is 2.78. The van der Waals surface area contributed by atoms with Gasteiger partial charge in [0.05, 0.1) is 11.4 Å². The van der Waals surface area contributed by atoms with Crippen LogP contribution in [0.2, 0.25) is 0 Å². The van der Waals surface area contributed by atoms with Gasteiger partial charge in [-0.1, -0.05) is 12.8 Å². The molecule has 0 bridgehead atoms. The first-order valence-electron chi connectivity index (χ1n) is 7.91. The predicted molar refractivity (Wildman–Crippen MR) is 95.3 cm³/mol. The molecule has 0 saturated heterocycles. The Balaban J connectivity index is 2.55. The molecular weight excluding hydrogens is 342 g/mol. The van der Waals surface area contributed by atoms with Crippen molar-refractivity contribution >= 4 is 21.8 Å². The summed E-state index contributed by atoms with van der Waals surface area (Å²) < 4.78 is 26.0. The van der Waals surface area contributed by atoms with E-state index < -0.39 is 10.0 Å². The van der Waals surface area contributed by atoms with E-state index in [0.717, 1.165) is 6.42 Å². The molecule has 0 radical (unpaired) electrons.